The molecule has 0 aliphatic heterocycles. The van der Waals surface area contributed by atoms with E-state index in [1.54, 1.807) is 23.7 Å². The van der Waals surface area contributed by atoms with Gasteiger partial charge in [0.25, 0.3) is 5.91 Å². The highest BCUT2D eigenvalue weighted by Gasteiger charge is 2.11. The van der Waals surface area contributed by atoms with E-state index in [4.69, 9.17) is 4.74 Å². The third-order valence-corrected chi connectivity index (χ3v) is 4.88. The van der Waals surface area contributed by atoms with Crippen molar-refractivity contribution in [3.05, 3.63) is 59.6 Å². The van der Waals surface area contributed by atoms with Gasteiger partial charge in [-0.25, -0.2) is 9.78 Å². The van der Waals surface area contributed by atoms with E-state index in [1.165, 1.54) is 11.3 Å². The van der Waals surface area contributed by atoms with Crippen LogP contribution in [-0.4, -0.2) is 43.6 Å². The Balaban J connectivity index is 1.36. The number of rotatable bonds is 8. The maximum atomic E-state index is 12.1. The molecule has 0 saturated heterocycles. The fourth-order valence-corrected chi connectivity index (χ4v) is 3.32. The van der Waals surface area contributed by atoms with E-state index >= 15 is 0 Å². The zero-order chi connectivity index (χ0) is 19.1. The van der Waals surface area contributed by atoms with E-state index in [2.05, 4.69) is 15.2 Å². The van der Waals surface area contributed by atoms with Crippen molar-refractivity contribution < 1.29 is 14.3 Å². The lowest BCUT2D eigenvalue weighted by molar-refractivity contribution is -0.124. The number of aromatic nitrogens is 1. The molecule has 0 unspecified atom stereocenters. The van der Waals surface area contributed by atoms with Crippen LogP contribution in [-0.2, 0) is 9.53 Å². The minimum atomic E-state index is -0.510. The van der Waals surface area contributed by atoms with Crippen molar-refractivity contribution in [3.63, 3.8) is 0 Å². The topological polar surface area (TPSA) is 71.5 Å². The largest absolute Gasteiger partial charge is 0.452 e. The van der Waals surface area contributed by atoms with Crippen LogP contribution in [0.3, 0.4) is 0 Å². The molecule has 0 fully saturated rings. The molecule has 1 aromatic heterocycles. The van der Waals surface area contributed by atoms with Crippen molar-refractivity contribution in [2.75, 3.05) is 31.6 Å². The standard InChI is InChI=1S/C20H21N3O3S/c1-23(16-6-3-2-4-7-16)11-5-10-21-19(24)13-26-20(25)15-8-9-17-18(12-15)27-14-22-17/h2-4,6-9,12,14H,5,10-11,13H2,1H3,(H,21,24). The SMILES string of the molecule is CN(CCCNC(=O)COC(=O)c1ccc2ncsc2c1)c1ccccc1. The zero-order valence-corrected chi connectivity index (χ0v) is 15.9. The zero-order valence-electron chi connectivity index (χ0n) is 15.1. The lowest BCUT2D eigenvalue weighted by atomic mass is 10.2. The number of benzene rings is 2. The summed E-state index contributed by atoms with van der Waals surface area (Å²) in [7, 11) is 2.01. The van der Waals surface area contributed by atoms with Crippen LogP contribution in [0.5, 0.6) is 0 Å². The van der Waals surface area contributed by atoms with E-state index in [-0.39, 0.29) is 12.5 Å². The first-order valence-electron chi connectivity index (χ1n) is 8.67. The highest BCUT2D eigenvalue weighted by molar-refractivity contribution is 7.16. The Hall–Kier alpha value is -2.93. The Kier molecular flexibility index (Phi) is 6.38. The predicted molar refractivity (Wildman–Crippen MR) is 107 cm³/mol. The summed E-state index contributed by atoms with van der Waals surface area (Å²) >= 11 is 1.46. The van der Waals surface area contributed by atoms with Crippen molar-refractivity contribution >= 4 is 39.1 Å². The lowest BCUT2D eigenvalue weighted by Gasteiger charge is -2.19. The average Bonchev–Trinajstić information content (AvgIpc) is 3.17. The summed E-state index contributed by atoms with van der Waals surface area (Å²) in [5.74, 6) is -0.811. The highest BCUT2D eigenvalue weighted by Crippen LogP contribution is 2.19. The van der Waals surface area contributed by atoms with Gasteiger partial charge in [0.1, 0.15) is 0 Å². The summed E-state index contributed by atoms with van der Waals surface area (Å²) in [6, 6.07) is 15.2. The van der Waals surface area contributed by atoms with Crippen LogP contribution >= 0.6 is 11.3 Å². The number of hydrogen-bond acceptors (Lipinski definition) is 6. The number of para-hydroxylation sites is 1. The molecular weight excluding hydrogens is 362 g/mol. The number of ether oxygens (including phenoxy) is 1. The smallest absolute Gasteiger partial charge is 0.338 e. The Morgan fingerprint density at radius 3 is 2.81 bits per heavy atom. The van der Waals surface area contributed by atoms with Crippen molar-refractivity contribution in [3.8, 4) is 0 Å². The third-order valence-electron chi connectivity index (χ3n) is 4.09. The lowest BCUT2D eigenvalue weighted by Crippen LogP contribution is -2.31. The second kappa shape index (κ2) is 9.14. The van der Waals surface area contributed by atoms with Gasteiger partial charge in [-0.05, 0) is 36.8 Å². The molecule has 3 aromatic rings. The van der Waals surface area contributed by atoms with Crippen molar-refractivity contribution in [1.29, 1.82) is 0 Å². The van der Waals surface area contributed by atoms with Gasteiger partial charge < -0.3 is 15.0 Å². The van der Waals surface area contributed by atoms with Crippen molar-refractivity contribution in [2.24, 2.45) is 0 Å². The fraction of sp³-hybridized carbons (Fsp3) is 0.250. The monoisotopic (exact) mass is 383 g/mol. The first kappa shape index (κ1) is 18.8. The quantitative estimate of drug-likeness (QED) is 0.478. The number of amides is 1. The van der Waals surface area contributed by atoms with Crippen LogP contribution in [0.2, 0.25) is 0 Å². The Bertz CT molecular complexity index is 911. The molecule has 6 nitrogen and oxygen atoms in total. The van der Waals surface area contributed by atoms with Gasteiger partial charge in [0.2, 0.25) is 0 Å². The summed E-state index contributed by atoms with van der Waals surface area (Å²) in [5.41, 5.74) is 4.12. The first-order valence-corrected chi connectivity index (χ1v) is 9.55. The van der Waals surface area contributed by atoms with Gasteiger partial charge in [-0.15, -0.1) is 11.3 Å². The number of nitrogens with zero attached hydrogens (tertiary/aromatic N) is 2. The molecular formula is C20H21N3O3S. The van der Waals surface area contributed by atoms with E-state index in [0.29, 0.717) is 12.1 Å². The summed E-state index contributed by atoms with van der Waals surface area (Å²) in [6.07, 6.45) is 0.799. The average molecular weight is 383 g/mol. The number of nitrogens with one attached hydrogen (secondary N) is 1. The summed E-state index contributed by atoms with van der Waals surface area (Å²) in [5, 5.41) is 2.77. The fourth-order valence-electron chi connectivity index (χ4n) is 2.60. The van der Waals surface area contributed by atoms with Gasteiger partial charge in [0.05, 0.1) is 21.3 Å². The molecule has 1 N–H and O–H groups in total. The molecule has 2 aromatic carbocycles. The van der Waals surface area contributed by atoms with E-state index < -0.39 is 5.97 Å². The molecule has 1 amide bonds. The Morgan fingerprint density at radius 2 is 2.00 bits per heavy atom. The predicted octanol–water partition coefficient (Wildman–Crippen LogP) is 3.10. The molecule has 0 saturated carbocycles. The van der Waals surface area contributed by atoms with Gasteiger partial charge in [0.15, 0.2) is 6.61 Å². The minimum Gasteiger partial charge on any atom is -0.452 e. The molecule has 3 rings (SSSR count). The van der Waals surface area contributed by atoms with Crippen LogP contribution in [0.1, 0.15) is 16.8 Å². The van der Waals surface area contributed by atoms with Gasteiger partial charge in [-0.1, -0.05) is 18.2 Å². The van der Waals surface area contributed by atoms with E-state index in [0.717, 1.165) is 28.9 Å². The second-order valence-corrected chi connectivity index (χ2v) is 6.96. The Morgan fingerprint density at radius 1 is 1.19 bits per heavy atom. The van der Waals surface area contributed by atoms with Crippen LogP contribution < -0.4 is 10.2 Å². The van der Waals surface area contributed by atoms with Gasteiger partial charge >= 0.3 is 5.97 Å². The van der Waals surface area contributed by atoms with E-state index in [1.807, 2.05) is 37.4 Å². The molecule has 1 heterocycles. The number of carbonyl (C=O) groups is 2. The summed E-state index contributed by atoms with van der Waals surface area (Å²) in [6.45, 7) is 1.06. The molecule has 0 aliphatic rings. The third kappa shape index (κ3) is 5.27. The minimum absolute atomic E-state index is 0.284. The number of anilines is 1. The van der Waals surface area contributed by atoms with Gasteiger partial charge in [-0.2, -0.15) is 0 Å². The second-order valence-electron chi connectivity index (χ2n) is 6.07. The van der Waals surface area contributed by atoms with E-state index in [9.17, 15) is 9.59 Å². The number of esters is 1. The Labute approximate surface area is 161 Å². The summed E-state index contributed by atoms with van der Waals surface area (Å²) < 4.78 is 6.00. The molecule has 140 valence electrons. The molecule has 0 bridgehead atoms. The van der Waals surface area contributed by atoms with Crippen LogP contribution in [0.25, 0.3) is 10.2 Å². The van der Waals surface area contributed by atoms with Crippen LogP contribution in [0.4, 0.5) is 5.69 Å². The first-order chi connectivity index (χ1) is 13.1. The number of carbonyl (C=O) groups excluding carboxylic acids is 2. The van der Waals surface area contributed by atoms with Gasteiger partial charge in [-0.3, -0.25) is 4.79 Å². The number of fused-ring (bicyclic) bond motifs is 1. The maximum Gasteiger partial charge on any atom is 0.338 e. The van der Waals surface area contributed by atoms with Crippen molar-refractivity contribution in [2.45, 2.75) is 6.42 Å². The number of hydrogen-bond donors (Lipinski definition) is 1. The molecule has 0 atom stereocenters. The summed E-state index contributed by atoms with van der Waals surface area (Å²) in [4.78, 5) is 30.2. The maximum absolute atomic E-state index is 12.1. The molecule has 0 spiro atoms. The normalized spacial score (nSPS) is 10.6. The molecule has 0 aliphatic carbocycles. The highest BCUT2D eigenvalue weighted by atomic mass is 32.1. The number of thiazole rings is 1. The van der Waals surface area contributed by atoms with Crippen LogP contribution in [0, 0.1) is 0 Å². The molecule has 27 heavy (non-hydrogen) atoms. The van der Waals surface area contributed by atoms with Gasteiger partial charge in [0, 0.05) is 25.8 Å². The molecule has 7 heteroatoms. The van der Waals surface area contributed by atoms with Crippen LogP contribution in [0.15, 0.2) is 54.0 Å². The van der Waals surface area contributed by atoms with Crippen molar-refractivity contribution in [1.82, 2.24) is 10.3 Å². The molecule has 0 radical (unpaired) electrons.